The first-order valence-corrected chi connectivity index (χ1v) is 9.70. The number of anilines is 2. The van der Waals surface area contributed by atoms with E-state index in [2.05, 4.69) is 82.4 Å². The zero-order valence-electron chi connectivity index (χ0n) is 15.9. The minimum Gasteiger partial charge on any atom is -0.386 e. The van der Waals surface area contributed by atoms with Gasteiger partial charge in [0, 0.05) is 11.9 Å². The van der Waals surface area contributed by atoms with Crippen molar-refractivity contribution in [3.05, 3.63) is 48.7 Å². The van der Waals surface area contributed by atoms with Crippen LogP contribution in [0.25, 0.3) is 0 Å². The van der Waals surface area contributed by atoms with E-state index in [0.29, 0.717) is 14.0 Å². The largest absolute Gasteiger partial charge is 0.386 e. The van der Waals surface area contributed by atoms with Crippen LogP contribution in [0.1, 0.15) is 32.6 Å². The Balaban J connectivity index is 1.81. The lowest BCUT2D eigenvalue weighted by Crippen LogP contribution is -2.70. The monoisotopic (exact) mass is 336 g/mol. The maximum absolute atomic E-state index is 3.39. The lowest BCUT2D eigenvalue weighted by atomic mass is 9.57. The molecule has 1 aliphatic rings. The first-order valence-electron chi connectivity index (χ1n) is 9.70. The Bertz CT molecular complexity index is 620. The second-order valence-electron chi connectivity index (χ2n) is 7.03. The maximum Gasteiger partial charge on any atom is 0.332 e. The summed E-state index contributed by atoms with van der Waals surface area (Å²) in [5.74, 6) is 1.19. The molecule has 0 radical (unpaired) electrons. The number of H-pyrrole nitrogens is 1. The molecule has 3 rings (SSSR count). The van der Waals surface area contributed by atoms with Gasteiger partial charge in [-0.1, -0.05) is 58.0 Å². The van der Waals surface area contributed by atoms with Gasteiger partial charge in [0.2, 0.25) is 0 Å². The summed E-state index contributed by atoms with van der Waals surface area (Å²) in [5, 5.41) is 0. The van der Waals surface area contributed by atoms with Gasteiger partial charge in [-0.15, -0.1) is 0 Å². The lowest BCUT2D eigenvalue weighted by molar-refractivity contribution is 0.544. The van der Waals surface area contributed by atoms with Crippen LogP contribution in [0.3, 0.4) is 0 Å². The second kappa shape index (κ2) is 8.52. The molecule has 2 heterocycles. The van der Waals surface area contributed by atoms with Crippen LogP contribution >= 0.6 is 0 Å². The summed E-state index contributed by atoms with van der Waals surface area (Å²) in [7, 11) is 0. The van der Waals surface area contributed by atoms with Gasteiger partial charge in [-0.05, 0) is 37.2 Å². The molecule has 1 aromatic heterocycles. The SMILES string of the molecule is CCCCCCN1B(C)N(c2ccccc2)CN(c2ccc[nH]2)B1C. The quantitative estimate of drug-likeness (QED) is 0.599. The molecule has 2 aromatic rings. The van der Waals surface area contributed by atoms with Gasteiger partial charge in [0.05, 0.1) is 12.5 Å². The van der Waals surface area contributed by atoms with E-state index in [1.165, 1.54) is 37.2 Å². The van der Waals surface area contributed by atoms with Crippen LogP contribution in [0.4, 0.5) is 11.5 Å². The van der Waals surface area contributed by atoms with E-state index in [-0.39, 0.29) is 0 Å². The molecule has 1 fully saturated rings. The molecule has 6 heteroatoms. The molecule has 0 bridgehead atoms. The molecule has 1 N–H and O–H groups in total. The number of aromatic amines is 1. The topological polar surface area (TPSA) is 25.5 Å². The Kier molecular flexibility index (Phi) is 6.14. The highest BCUT2D eigenvalue weighted by molar-refractivity contribution is 6.77. The van der Waals surface area contributed by atoms with E-state index in [9.17, 15) is 0 Å². The van der Waals surface area contributed by atoms with Crippen molar-refractivity contribution in [3.8, 4) is 0 Å². The van der Waals surface area contributed by atoms with Crippen molar-refractivity contribution in [2.75, 3.05) is 22.8 Å². The van der Waals surface area contributed by atoms with E-state index in [4.69, 9.17) is 0 Å². The number of benzene rings is 1. The van der Waals surface area contributed by atoms with Crippen LogP contribution in [-0.4, -0.2) is 36.9 Å². The van der Waals surface area contributed by atoms with E-state index in [1.807, 2.05) is 6.20 Å². The summed E-state index contributed by atoms with van der Waals surface area (Å²) in [6.45, 7) is 9.77. The molecule has 1 aromatic carbocycles. The van der Waals surface area contributed by atoms with Crippen LogP contribution in [0.2, 0.25) is 13.6 Å². The Morgan fingerprint density at radius 1 is 0.920 bits per heavy atom. The highest BCUT2D eigenvalue weighted by Gasteiger charge is 2.41. The number of hydrogen-bond donors (Lipinski definition) is 1. The van der Waals surface area contributed by atoms with Crippen molar-refractivity contribution < 1.29 is 0 Å². The molecule has 1 saturated heterocycles. The number of unbranched alkanes of at least 4 members (excludes halogenated alkanes) is 3. The van der Waals surface area contributed by atoms with Crippen LogP contribution in [0.5, 0.6) is 0 Å². The molecule has 0 spiro atoms. The van der Waals surface area contributed by atoms with Gasteiger partial charge in [-0.3, -0.25) is 0 Å². The maximum atomic E-state index is 3.39. The van der Waals surface area contributed by atoms with Crippen molar-refractivity contribution >= 4 is 25.5 Å². The zero-order valence-corrected chi connectivity index (χ0v) is 15.9. The molecule has 1 aliphatic heterocycles. The molecule has 25 heavy (non-hydrogen) atoms. The smallest absolute Gasteiger partial charge is 0.332 e. The van der Waals surface area contributed by atoms with Gasteiger partial charge < -0.3 is 19.3 Å². The average molecular weight is 336 g/mol. The third-order valence-corrected chi connectivity index (χ3v) is 5.42. The van der Waals surface area contributed by atoms with Gasteiger partial charge >= 0.3 is 14.0 Å². The number of nitrogens with zero attached hydrogens (tertiary/aromatic N) is 3. The minimum atomic E-state index is 0.384. The molecule has 132 valence electrons. The fourth-order valence-electron chi connectivity index (χ4n) is 3.86. The highest BCUT2D eigenvalue weighted by Crippen LogP contribution is 2.26. The van der Waals surface area contributed by atoms with Crippen molar-refractivity contribution in [1.82, 2.24) is 9.71 Å². The second-order valence-corrected chi connectivity index (χ2v) is 7.03. The van der Waals surface area contributed by atoms with Crippen LogP contribution < -0.4 is 9.62 Å². The molecule has 0 aliphatic carbocycles. The Morgan fingerprint density at radius 2 is 1.68 bits per heavy atom. The Labute approximate surface area is 153 Å². The number of para-hydroxylation sites is 1. The summed E-state index contributed by atoms with van der Waals surface area (Å²) in [4.78, 5) is 8.36. The first kappa shape index (κ1) is 18.0. The van der Waals surface area contributed by atoms with Gasteiger partial charge in [0.25, 0.3) is 0 Å². The van der Waals surface area contributed by atoms with Crippen LogP contribution in [0.15, 0.2) is 48.7 Å². The van der Waals surface area contributed by atoms with Crippen LogP contribution in [0, 0.1) is 0 Å². The summed E-state index contributed by atoms with van der Waals surface area (Å²) < 4.78 is 2.63. The first-order chi connectivity index (χ1) is 12.2. The molecular formula is C19H30B2N4. The minimum absolute atomic E-state index is 0.384. The molecular weight excluding hydrogens is 306 g/mol. The predicted molar refractivity (Wildman–Crippen MR) is 111 cm³/mol. The lowest BCUT2D eigenvalue weighted by Gasteiger charge is -2.50. The van der Waals surface area contributed by atoms with Crippen molar-refractivity contribution in [2.45, 2.75) is 46.3 Å². The number of aromatic nitrogens is 1. The standard InChI is InChI=1S/C19H30B2N4/c1-4-5-6-10-16-25-20(2)23(18-12-8-7-9-13-18)17-24(21(25)3)19-14-11-15-22-19/h7-9,11-15,22H,4-6,10,16-17H2,1-3H3. The average Bonchev–Trinajstić information content (AvgIpc) is 3.16. The van der Waals surface area contributed by atoms with E-state index < -0.39 is 0 Å². The molecule has 0 atom stereocenters. The van der Waals surface area contributed by atoms with Crippen molar-refractivity contribution in [2.24, 2.45) is 0 Å². The normalized spacial score (nSPS) is 16.0. The summed E-state index contributed by atoms with van der Waals surface area (Å²) in [6, 6.07) is 15.0. The van der Waals surface area contributed by atoms with Gasteiger partial charge in [-0.25, -0.2) is 0 Å². The summed E-state index contributed by atoms with van der Waals surface area (Å²) in [6.07, 6.45) is 7.22. The summed E-state index contributed by atoms with van der Waals surface area (Å²) in [5.41, 5.74) is 1.29. The fourth-order valence-corrected chi connectivity index (χ4v) is 3.86. The molecule has 0 saturated carbocycles. The van der Waals surface area contributed by atoms with E-state index in [0.717, 1.165) is 13.2 Å². The Morgan fingerprint density at radius 3 is 2.36 bits per heavy atom. The molecule has 0 amide bonds. The highest BCUT2D eigenvalue weighted by atomic mass is 15.4. The molecule has 4 nitrogen and oxygen atoms in total. The van der Waals surface area contributed by atoms with Crippen molar-refractivity contribution in [1.29, 1.82) is 0 Å². The fraction of sp³-hybridized carbons (Fsp3) is 0.474. The third kappa shape index (κ3) is 4.06. The van der Waals surface area contributed by atoms with Gasteiger partial charge in [0.1, 0.15) is 0 Å². The number of hydrogen-bond acceptors (Lipinski definition) is 3. The predicted octanol–water partition coefficient (Wildman–Crippen LogP) is 4.42. The van der Waals surface area contributed by atoms with Crippen LogP contribution in [-0.2, 0) is 0 Å². The summed E-state index contributed by atoms with van der Waals surface area (Å²) >= 11 is 0. The molecule has 0 unspecified atom stereocenters. The third-order valence-electron chi connectivity index (χ3n) is 5.42. The Hall–Kier alpha value is -1.81. The van der Waals surface area contributed by atoms with E-state index >= 15 is 0 Å². The van der Waals surface area contributed by atoms with Gasteiger partial charge in [0.15, 0.2) is 0 Å². The number of rotatable bonds is 7. The van der Waals surface area contributed by atoms with E-state index in [1.54, 1.807) is 0 Å². The van der Waals surface area contributed by atoms with Crippen molar-refractivity contribution in [3.63, 3.8) is 0 Å². The zero-order chi connectivity index (χ0) is 17.6. The van der Waals surface area contributed by atoms with Gasteiger partial charge in [-0.2, -0.15) is 0 Å². The number of nitrogens with one attached hydrogen (secondary N) is 1.